The second-order valence-electron chi connectivity index (χ2n) is 4.70. The molecule has 0 fully saturated rings. The summed E-state index contributed by atoms with van der Waals surface area (Å²) >= 11 is 0. The number of rotatable bonds is 3. The highest BCUT2D eigenvalue weighted by Gasteiger charge is 2.08. The van der Waals surface area contributed by atoms with E-state index in [2.05, 4.69) is 32.0 Å². The van der Waals surface area contributed by atoms with Crippen LogP contribution in [0.15, 0.2) is 42.5 Å². The molecule has 2 aromatic carbocycles. The number of ether oxygens (including phenoxy) is 1. The Labute approximate surface area is 108 Å². The molecular weight excluding hydrogens is 222 g/mol. The van der Waals surface area contributed by atoms with Gasteiger partial charge in [-0.05, 0) is 55.7 Å². The van der Waals surface area contributed by atoms with Crippen molar-refractivity contribution < 1.29 is 4.74 Å². The summed E-state index contributed by atoms with van der Waals surface area (Å²) in [5, 5.41) is 0. The van der Waals surface area contributed by atoms with Gasteiger partial charge in [0.1, 0.15) is 11.9 Å². The summed E-state index contributed by atoms with van der Waals surface area (Å²) in [5.74, 6) is 0.944. The lowest BCUT2D eigenvalue weighted by Gasteiger charge is -2.17. The Balaban J connectivity index is 2.18. The maximum atomic E-state index is 6.01. The molecule has 0 radical (unpaired) electrons. The summed E-state index contributed by atoms with van der Waals surface area (Å²) in [5.41, 5.74) is 9.95. The van der Waals surface area contributed by atoms with Crippen molar-refractivity contribution in [1.29, 1.82) is 0 Å². The maximum Gasteiger partial charge on any atom is 0.123 e. The van der Waals surface area contributed by atoms with Crippen molar-refractivity contribution in [2.24, 2.45) is 0 Å². The lowest BCUT2D eigenvalue weighted by Crippen LogP contribution is -2.04. The van der Waals surface area contributed by atoms with Crippen molar-refractivity contribution in [3.63, 3.8) is 0 Å². The Morgan fingerprint density at radius 1 is 1.00 bits per heavy atom. The highest BCUT2D eigenvalue weighted by atomic mass is 16.5. The normalized spacial score (nSPS) is 12.2. The fourth-order valence-corrected chi connectivity index (χ4v) is 1.86. The van der Waals surface area contributed by atoms with E-state index in [0.717, 1.165) is 22.6 Å². The predicted octanol–water partition coefficient (Wildman–Crippen LogP) is 4.03. The van der Waals surface area contributed by atoms with Crippen molar-refractivity contribution >= 4 is 5.69 Å². The largest absolute Gasteiger partial charge is 0.486 e. The Bertz CT molecular complexity index is 531. The van der Waals surface area contributed by atoms with Crippen LogP contribution >= 0.6 is 0 Å². The molecule has 1 unspecified atom stereocenters. The van der Waals surface area contributed by atoms with Crippen LogP contribution in [0.1, 0.15) is 29.7 Å². The zero-order valence-corrected chi connectivity index (χ0v) is 11.1. The Kier molecular flexibility index (Phi) is 3.56. The van der Waals surface area contributed by atoms with Crippen LogP contribution in [0.3, 0.4) is 0 Å². The zero-order valence-electron chi connectivity index (χ0n) is 11.1. The van der Waals surface area contributed by atoms with Crippen LogP contribution in [-0.2, 0) is 0 Å². The molecule has 0 heterocycles. The molecule has 0 aliphatic rings. The van der Waals surface area contributed by atoms with E-state index in [-0.39, 0.29) is 6.10 Å². The molecule has 0 saturated carbocycles. The molecule has 0 aromatic heterocycles. The summed E-state index contributed by atoms with van der Waals surface area (Å²) in [6.07, 6.45) is 0.0195. The Morgan fingerprint density at radius 3 is 2.33 bits per heavy atom. The van der Waals surface area contributed by atoms with Gasteiger partial charge in [0.25, 0.3) is 0 Å². The number of nitrogens with two attached hydrogens (primary N) is 1. The van der Waals surface area contributed by atoms with Crippen LogP contribution in [0, 0.1) is 13.8 Å². The molecule has 2 nitrogen and oxygen atoms in total. The Hall–Kier alpha value is -1.96. The summed E-state index contributed by atoms with van der Waals surface area (Å²) in [7, 11) is 0. The van der Waals surface area contributed by atoms with E-state index in [1.165, 1.54) is 5.56 Å². The molecular formula is C16H19NO. The topological polar surface area (TPSA) is 35.2 Å². The average molecular weight is 241 g/mol. The minimum atomic E-state index is 0.0195. The predicted molar refractivity (Wildman–Crippen MR) is 75.8 cm³/mol. The van der Waals surface area contributed by atoms with E-state index >= 15 is 0 Å². The first-order valence-corrected chi connectivity index (χ1v) is 6.15. The van der Waals surface area contributed by atoms with Crippen molar-refractivity contribution in [3.8, 4) is 5.75 Å². The van der Waals surface area contributed by atoms with Gasteiger partial charge in [-0.15, -0.1) is 0 Å². The number of benzene rings is 2. The molecule has 94 valence electrons. The van der Waals surface area contributed by atoms with E-state index in [1.54, 1.807) is 0 Å². The number of anilines is 1. The third-order valence-corrected chi connectivity index (χ3v) is 3.05. The van der Waals surface area contributed by atoms with Gasteiger partial charge < -0.3 is 10.5 Å². The molecule has 18 heavy (non-hydrogen) atoms. The quantitative estimate of drug-likeness (QED) is 0.823. The fourth-order valence-electron chi connectivity index (χ4n) is 1.86. The molecule has 2 N–H and O–H groups in total. The van der Waals surface area contributed by atoms with Gasteiger partial charge in [0.15, 0.2) is 0 Å². The zero-order chi connectivity index (χ0) is 13.1. The first kappa shape index (κ1) is 12.5. The highest BCUT2D eigenvalue weighted by Crippen LogP contribution is 2.26. The van der Waals surface area contributed by atoms with Gasteiger partial charge in [-0.2, -0.15) is 0 Å². The van der Waals surface area contributed by atoms with Crippen molar-refractivity contribution in [2.45, 2.75) is 26.9 Å². The van der Waals surface area contributed by atoms with Crippen LogP contribution in [0.25, 0.3) is 0 Å². The Morgan fingerprint density at radius 2 is 1.67 bits per heavy atom. The van der Waals surface area contributed by atoms with E-state index in [1.807, 2.05) is 31.2 Å². The standard InChI is InChI=1S/C16H19NO/c1-11-4-5-12(2)16(10-11)18-13(3)14-6-8-15(17)9-7-14/h4-10,13H,17H2,1-3H3. The summed E-state index contributed by atoms with van der Waals surface area (Å²) in [6.45, 7) is 6.18. The van der Waals surface area contributed by atoms with Gasteiger partial charge in [-0.25, -0.2) is 0 Å². The monoisotopic (exact) mass is 241 g/mol. The maximum absolute atomic E-state index is 6.01. The third-order valence-electron chi connectivity index (χ3n) is 3.05. The average Bonchev–Trinajstić information content (AvgIpc) is 2.34. The second kappa shape index (κ2) is 5.13. The molecule has 2 aromatic rings. The highest BCUT2D eigenvalue weighted by molar-refractivity contribution is 5.41. The summed E-state index contributed by atoms with van der Waals surface area (Å²) < 4.78 is 6.01. The van der Waals surface area contributed by atoms with Crippen molar-refractivity contribution in [1.82, 2.24) is 0 Å². The third kappa shape index (κ3) is 2.83. The molecule has 0 saturated heterocycles. The van der Waals surface area contributed by atoms with Gasteiger partial charge in [0.05, 0.1) is 0 Å². The number of aryl methyl sites for hydroxylation is 2. The van der Waals surface area contributed by atoms with Gasteiger partial charge in [-0.1, -0.05) is 24.3 Å². The first-order chi connectivity index (χ1) is 8.56. The lowest BCUT2D eigenvalue weighted by atomic mass is 10.1. The lowest BCUT2D eigenvalue weighted by molar-refractivity contribution is 0.225. The second-order valence-corrected chi connectivity index (χ2v) is 4.70. The number of hydrogen-bond donors (Lipinski definition) is 1. The molecule has 0 aliphatic heterocycles. The van der Waals surface area contributed by atoms with Crippen LogP contribution in [0.5, 0.6) is 5.75 Å². The van der Waals surface area contributed by atoms with Crippen LogP contribution in [0.4, 0.5) is 5.69 Å². The number of hydrogen-bond acceptors (Lipinski definition) is 2. The van der Waals surface area contributed by atoms with Crippen molar-refractivity contribution in [2.75, 3.05) is 5.73 Å². The van der Waals surface area contributed by atoms with Gasteiger partial charge in [-0.3, -0.25) is 0 Å². The molecule has 0 spiro atoms. The van der Waals surface area contributed by atoms with E-state index in [4.69, 9.17) is 10.5 Å². The van der Waals surface area contributed by atoms with E-state index in [0.29, 0.717) is 0 Å². The molecule has 2 heteroatoms. The number of nitrogen functional groups attached to an aromatic ring is 1. The SMILES string of the molecule is Cc1ccc(C)c(OC(C)c2ccc(N)cc2)c1. The molecule has 2 rings (SSSR count). The van der Waals surface area contributed by atoms with E-state index in [9.17, 15) is 0 Å². The van der Waals surface area contributed by atoms with Crippen LogP contribution in [0.2, 0.25) is 0 Å². The summed E-state index contributed by atoms with van der Waals surface area (Å²) in [4.78, 5) is 0. The molecule has 1 atom stereocenters. The van der Waals surface area contributed by atoms with Gasteiger partial charge in [0.2, 0.25) is 0 Å². The molecule has 0 aliphatic carbocycles. The smallest absolute Gasteiger partial charge is 0.123 e. The van der Waals surface area contributed by atoms with Crippen molar-refractivity contribution in [3.05, 3.63) is 59.2 Å². The summed E-state index contributed by atoms with van der Waals surface area (Å²) in [6, 6.07) is 14.1. The van der Waals surface area contributed by atoms with E-state index < -0.39 is 0 Å². The molecule has 0 bridgehead atoms. The minimum absolute atomic E-state index is 0.0195. The minimum Gasteiger partial charge on any atom is -0.486 e. The fraction of sp³-hybridized carbons (Fsp3) is 0.250. The van der Waals surface area contributed by atoms with Gasteiger partial charge in [0, 0.05) is 5.69 Å². The van der Waals surface area contributed by atoms with Crippen LogP contribution in [-0.4, -0.2) is 0 Å². The van der Waals surface area contributed by atoms with Crippen LogP contribution < -0.4 is 10.5 Å². The van der Waals surface area contributed by atoms with Gasteiger partial charge >= 0.3 is 0 Å². The first-order valence-electron chi connectivity index (χ1n) is 6.15. The molecule has 0 amide bonds.